The number of nitriles is 2. The lowest BCUT2D eigenvalue weighted by Gasteiger charge is -2.23. The van der Waals surface area contributed by atoms with Crippen molar-refractivity contribution in [1.82, 2.24) is 5.43 Å². The van der Waals surface area contributed by atoms with Crippen LogP contribution in [0.1, 0.15) is 28.8 Å². The Balaban J connectivity index is 2.02. The number of aromatic hydroxyl groups is 1. The molecule has 0 fully saturated rings. The Morgan fingerprint density at radius 2 is 1.76 bits per heavy atom. The number of methoxy groups -OCH3 is 1. The minimum absolute atomic E-state index is 0.0309. The number of phenolic OH excluding ortho intramolecular Hbond substituents is 1. The monoisotopic (exact) mass is 620 g/mol. The Bertz CT molecular complexity index is 1500. The average molecular weight is 621 g/mol. The van der Waals surface area contributed by atoms with Gasteiger partial charge in [0.15, 0.2) is 5.69 Å². The number of benzene rings is 3. The Morgan fingerprint density at radius 1 is 1.07 bits per heavy atom. The lowest BCUT2D eigenvalue weighted by atomic mass is 10.1. The Morgan fingerprint density at radius 3 is 2.37 bits per heavy atom. The van der Waals surface area contributed by atoms with Crippen LogP contribution in [0.3, 0.4) is 0 Å². The number of hydrogen-bond acceptors (Lipinski definition) is 10. The first-order valence-corrected chi connectivity index (χ1v) is 12.9. The second kappa shape index (κ2) is 15.1. The van der Waals surface area contributed by atoms with Crippen LogP contribution in [0.25, 0.3) is 0 Å². The minimum Gasteiger partial charge on any atom is -0.595 e. The second-order valence-corrected chi connectivity index (χ2v) is 9.19. The third kappa shape index (κ3) is 8.56. The zero-order valence-corrected chi connectivity index (χ0v) is 23.4. The summed E-state index contributed by atoms with van der Waals surface area (Å²) in [5.41, 5.74) is 3.79. The molecular weight excluding hydrogens is 596 g/mol. The average Bonchev–Trinajstić information content (AvgIpc) is 2.98. The van der Waals surface area contributed by atoms with Crippen molar-refractivity contribution in [3.8, 4) is 23.6 Å². The van der Waals surface area contributed by atoms with Crippen molar-refractivity contribution < 1.29 is 25.1 Å². The molecule has 1 unspecified atom stereocenters. The van der Waals surface area contributed by atoms with Crippen LogP contribution in [0, 0.1) is 27.9 Å². The summed E-state index contributed by atoms with van der Waals surface area (Å²) in [5, 5.41) is 59.8. The summed E-state index contributed by atoms with van der Waals surface area (Å²) in [4.78, 5) is 14.7. The molecule has 13 nitrogen and oxygen atoms in total. The summed E-state index contributed by atoms with van der Waals surface area (Å²) < 4.78 is 6.16. The molecule has 3 aromatic rings. The molecule has 0 bridgehead atoms. The van der Waals surface area contributed by atoms with Crippen molar-refractivity contribution in [1.29, 1.82) is 10.5 Å². The van der Waals surface area contributed by atoms with Crippen molar-refractivity contribution in [3.05, 3.63) is 81.5 Å². The van der Waals surface area contributed by atoms with Crippen LogP contribution in [-0.4, -0.2) is 42.3 Å². The minimum atomic E-state index is -1.09. The third-order valence-corrected chi connectivity index (χ3v) is 6.11. The lowest BCUT2D eigenvalue weighted by molar-refractivity contribution is -0.991. The van der Waals surface area contributed by atoms with Crippen molar-refractivity contribution in [2.75, 3.05) is 25.1 Å². The number of quaternary nitrogens is 1. The van der Waals surface area contributed by atoms with Crippen LogP contribution in [0.4, 0.5) is 17.1 Å². The van der Waals surface area contributed by atoms with Gasteiger partial charge in [-0.05, 0) is 42.5 Å². The number of amidine groups is 1. The number of hydrogen-bond donors (Lipinski definition) is 4. The first-order chi connectivity index (χ1) is 19.8. The summed E-state index contributed by atoms with van der Waals surface area (Å²) in [6, 6.07) is 19.3. The summed E-state index contributed by atoms with van der Waals surface area (Å²) in [5.74, 6) is -0.699. The molecule has 0 saturated carbocycles. The SMILES string of the molecule is COc1cc(N(CCC#N)CCC#N)ccc1/C(N=Nc1ccc([NH+]([O-])O)cc1)=N/NC(=O)c1cc(Br)ccc1O. The number of phenols is 1. The van der Waals surface area contributed by atoms with Gasteiger partial charge in [-0.3, -0.25) is 4.79 Å². The van der Waals surface area contributed by atoms with E-state index in [0.717, 1.165) is 0 Å². The van der Waals surface area contributed by atoms with Crippen molar-refractivity contribution in [2.45, 2.75) is 12.8 Å². The first-order valence-electron chi connectivity index (χ1n) is 12.1. The molecule has 0 aliphatic heterocycles. The normalized spacial score (nSPS) is 11.9. The zero-order valence-electron chi connectivity index (χ0n) is 21.8. The van der Waals surface area contributed by atoms with Crippen LogP contribution in [0.2, 0.25) is 0 Å². The standard InChI is InChI=1S/C27H25BrN8O5/c1-41-25-17-21(35(14-2-12-29)15-3-13-30)9-10-22(25)26(32-31-19-5-7-20(8-6-19)36(39)40)33-34-27(38)23-16-18(28)4-11-24(23)37/h4-11,16-17,36-37,39H,2-3,14-15H2,1H3,(H,34,38)/b32-31?,33-26-. The molecule has 210 valence electrons. The van der Waals surface area contributed by atoms with Gasteiger partial charge in [0.2, 0.25) is 5.84 Å². The molecular formula is C27H25BrN8O5. The Hall–Kier alpha value is -4.86. The molecule has 0 aromatic heterocycles. The molecule has 0 heterocycles. The molecule has 0 radical (unpaired) electrons. The molecule has 0 aliphatic carbocycles. The van der Waals surface area contributed by atoms with Gasteiger partial charge in [0.1, 0.15) is 11.5 Å². The van der Waals surface area contributed by atoms with E-state index in [9.17, 15) is 15.1 Å². The van der Waals surface area contributed by atoms with Gasteiger partial charge in [-0.2, -0.15) is 15.8 Å². The van der Waals surface area contributed by atoms with Gasteiger partial charge < -0.3 is 20.0 Å². The van der Waals surface area contributed by atoms with Crippen LogP contribution < -0.4 is 20.3 Å². The van der Waals surface area contributed by atoms with Gasteiger partial charge in [0.25, 0.3) is 5.91 Å². The highest BCUT2D eigenvalue weighted by Gasteiger charge is 2.17. The van der Waals surface area contributed by atoms with E-state index in [1.807, 2.05) is 4.90 Å². The molecule has 14 heteroatoms. The number of carbonyl (C=O) groups is 1. The van der Waals surface area contributed by atoms with E-state index in [2.05, 4.69) is 48.8 Å². The van der Waals surface area contributed by atoms with Gasteiger partial charge >= 0.3 is 0 Å². The number of halogens is 1. The molecule has 41 heavy (non-hydrogen) atoms. The number of amides is 1. The quantitative estimate of drug-likeness (QED) is 0.106. The fourth-order valence-corrected chi connectivity index (χ4v) is 3.93. The number of nitrogens with zero attached hydrogens (tertiary/aromatic N) is 6. The lowest BCUT2D eigenvalue weighted by Crippen LogP contribution is -2.99. The summed E-state index contributed by atoms with van der Waals surface area (Å²) >= 11 is 3.26. The molecule has 1 atom stereocenters. The summed E-state index contributed by atoms with van der Waals surface area (Å²) in [7, 11) is 1.44. The van der Waals surface area contributed by atoms with Crippen LogP contribution in [0.15, 0.2) is 80.5 Å². The number of nitrogens with one attached hydrogen (secondary N) is 2. The largest absolute Gasteiger partial charge is 0.595 e. The summed E-state index contributed by atoms with van der Waals surface area (Å²) in [6.07, 6.45) is 0.511. The highest BCUT2D eigenvalue weighted by molar-refractivity contribution is 9.10. The molecule has 0 aliphatic rings. The fraction of sp³-hybridized carbons (Fsp3) is 0.185. The molecule has 3 rings (SSSR count). The van der Waals surface area contributed by atoms with Crippen LogP contribution in [-0.2, 0) is 0 Å². The maximum absolute atomic E-state index is 12.8. The Labute approximate surface area is 243 Å². The van der Waals surface area contributed by atoms with E-state index in [1.54, 1.807) is 24.3 Å². The van der Waals surface area contributed by atoms with E-state index in [1.165, 1.54) is 43.5 Å². The number of hydrazone groups is 1. The zero-order chi connectivity index (χ0) is 29.8. The van der Waals surface area contributed by atoms with Crippen LogP contribution in [0.5, 0.6) is 11.5 Å². The molecule has 0 saturated heterocycles. The molecule has 0 spiro atoms. The first kappa shape index (κ1) is 30.7. The fourth-order valence-electron chi connectivity index (χ4n) is 3.57. The van der Waals surface area contributed by atoms with Gasteiger partial charge in [-0.25, -0.2) is 10.6 Å². The molecule has 1 amide bonds. The maximum atomic E-state index is 12.8. The van der Waals surface area contributed by atoms with E-state index >= 15 is 0 Å². The van der Waals surface area contributed by atoms with Crippen molar-refractivity contribution in [2.24, 2.45) is 15.3 Å². The second-order valence-electron chi connectivity index (χ2n) is 8.28. The van der Waals surface area contributed by atoms with E-state index in [0.29, 0.717) is 40.2 Å². The maximum Gasteiger partial charge on any atom is 0.275 e. The van der Waals surface area contributed by atoms with Crippen molar-refractivity contribution >= 4 is 44.7 Å². The number of carbonyl (C=O) groups excluding carboxylic acids is 1. The van der Waals surface area contributed by atoms with E-state index in [4.69, 9.17) is 20.5 Å². The smallest absolute Gasteiger partial charge is 0.275 e. The number of rotatable bonds is 11. The predicted molar refractivity (Wildman–Crippen MR) is 152 cm³/mol. The molecule has 3 aromatic carbocycles. The van der Waals surface area contributed by atoms with E-state index in [-0.39, 0.29) is 35.7 Å². The number of azo groups is 1. The third-order valence-electron chi connectivity index (χ3n) is 5.62. The summed E-state index contributed by atoms with van der Waals surface area (Å²) in [6.45, 7) is 0.805. The highest BCUT2D eigenvalue weighted by atomic mass is 79.9. The molecule has 4 N–H and O–H groups in total. The number of ether oxygens (including phenoxy) is 1. The van der Waals surface area contributed by atoms with Gasteiger partial charge in [0, 0.05) is 41.4 Å². The van der Waals surface area contributed by atoms with Crippen molar-refractivity contribution in [3.63, 3.8) is 0 Å². The van der Waals surface area contributed by atoms with E-state index < -0.39 is 11.1 Å². The predicted octanol–water partition coefficient (Wildman–Crippen LogP) is 4.08. The van der Waals surface area contributed by atoms with Gasteiger partial charge in [0.05, 0.1) is 48.9 Å². The van der Waals surface area contributed by atoms with Crippen LogP contribution >= 0.6 is 15.9 Å². The topological polar surface area (TPSA) is 194 Å². The Kier molecular flexibility index (Phi) is 11.3. The van der Waals surface area contributed by atoms with Gasteiger partial charge in [-0.15, -0.1) is 15.3 Å². The van der Waals surface area contributed by atoms with Gasteiger partial charge in [-0.1, -0.05) is 15.9 Å². The number of anilines is 1. The highest BCUT2D eigenvalue weighted by Crippen LogP contribution is 2.28.